The van der Waals surface area contributed by atoms with Gasteiger partial charge in [-0.15, -0.1) is 0 Å². The summed E-state index contributed by atoms with van der Waals surface area (Å²) in [6.07, 6.45) is 0. The molecule has 0 spiro atoms. The number of carbonyl (C=O) groups is 1. The molecule has 0 fully saturated rings. The predicted octanol–water partition coefficient (Wildman–Crippen LogP) is 2.57. The van der Waals surface area contributed by atoms with Crippen molar-refractivity contribution in [2.45, 2.75) is 12.5 Å². The van der Waals surface area contributed by atoms with Crippen LogP contribution in [0.4, 0.5) is 8.78 Å². The Bertz CT molecular complexity index is 646. The first-order valence-electron chi connectivity index (χ1n) is 6.49. The zero-order valence-electron chi connectivity index (χ0n) is 11.6. The molecule has 1 atom stereocenters. The standard InChI is InChI=1S/C16H16F2N2O/c1-16(10-19,11-5-3-2-4-6-11)20-15(21)13-9-12(17)7-8-14(13)18/h2-9H,10,19H2,1H3,(H,20,21). The lowest BCUT2D eigenvalue weighted by Gasteiger charge is -2.30. The molecule has 3 N–H and O–H groups in total. The lowest BCUT2D eigenvalue weighted by atomic mass is 9.91. The minimum atomic E-state index is -0.864. The van der Waals surface area contributed by atoms with Crippen molar-refractivity contribution in [3.63, 3.8) is 0 Å². The van der Waals surface area contributed by atoms with Crippen LogP contribution >= 0.6 is 0 Å². The number of benzene rings is 2. The summed E-state index contributed by atoms with van der Waals surface area (Å²) in [5.74, 6) is -2.15. The molecule has 5 heteroatoms. The number of hydrogen-bond donors (Lipinski definition) is 2. The van der Waals surface area contributed by atoms with Crippen LogP contribution in [0, 0.1) is 11.6 Å². The van der Waals surface area contributed by atoms with Gasteiger partial charge in [0.2, 0.25) is 0 Å². The van der Waals surface area contributed by atoms with Gasteiger partial charge in [-0.3, -0.25) is 4.79 Å². The van der Waals surface area contributed by atoms with Gasteiger partial charge in [-0.05, 0) is 30.7 Å². The average molecular weight is 290 g/mol. The van der Waals surface area contributed by atoms with Gasteiger partial charge in [0.05, 0.1) is 11.1 Å². The van der Waals surface area contributed by atoms with E-state index in [1.165, 1.54) is 0 Å². The Labute approximate surface area is 121 Å². The molecule has 0 radical (unpaired) electrons. The summed E-state index contributed by atoms with van der Waals surface area (Å²) >= 11 is 0. The van der Waals surface area contributed by atoms with Crippen molar-refractivity contribution in [2.75, 3.05) is 6.54 Å². The fourth-order valence-corrected chi connectivity index (χ4v) is 2.04. The molecule has 1 unspecified atom stereocenters. The van der Waals surface area contributed by atoms with Crippen molar-refractivity contribution in [1.82, 2.24) is 5.32 Å². The van der Waals surface area contributed by atoms with E-state index < -0.39 is 23.1 Å². The largest absolute Gasteiger partial charge is 0.341 e. The molecule has 21 heavy (non-hydrogen) atoms. The van der Waals surface area contributed by atoms with Gasteiger partial charge in [0.25, 0.3) is 5.91 Å². The molecule has 2 rings (SSSR count). The van der Waals surface area contributed by atoms with Crippen molar-refractivity contribution in [3.8, 4) is 0 Å². The maximum absolute atomic E-state index is 13.6. The molecule has 110 valence electrons. The van der Waals surface area contributed by atoms with Crippen LogP contribution in [0.25, 0.3) is 0 Å². The van der Waals surface area contributed by atoms with E-state index in [1.54, 1.807) is 6.92 Å². The summed E-state index contributed by atoms with van der Waals surface area (Å²) in [7, 11) is 0. The maximum Gasteiger partial charge on any atom is 0.255 e. The minimum absolute atomic E-state index is 0.125. The lowest BCUT2D eigenvalue weighted by molar-refractivity contribution is 0.0903. The van der Waals surface area contributed by atoms with Crippen molar-refractivity contribution in [3.05, 3.63) is 71.3 Å². The Morgan fingerprint density at radius 3 is 2.48 bits per heavy atom. The van der Waals surface area contributed by atoms with E-state index in [4.69, 9.17) is 5.73 Å². The molecule has 0 aliphatic heterocycles. The summed E-state index contributed by atoms with van der Waals surface area (Å²) in [6.45, 7) is 1.86. The van der Waals surface area contributed by atoms with E-state index in [0.717, 1.165) is 23.8 Å². The van der Waals surface area contributed by atoms with Crippen molar-refractivity contribution in [1.29, 1.82) is 0 Å². The second kappa shape index (κ2) is 6.01. The van der Waals surface area contributed by atoms with Crippen LogP contribution in [0.15, 0.2) is 48.5 Å². The Kier molecular flexibility index (Phi) is 4.33. The van der Waals surface area contributed by atoms with Crippen LogP contribution in [0.1, 0.15) is 22.8 Å². The van der Waals surface area contributed by atoms with Crippen molar-refractivity contribution >= 4 is 5.91 Å². The number of nitrogens with two attached hydrogens (primary N) is 1. The molecular weight excluding hydrogens is 274 g/mol. The molecule has 0 saturated heterocycles. The van der Waals surface area contributed by atoms with Crippen LogP contribution in [0.3, 0.4) is 0 Å². The van der Waals surface area contributed by atoms with E-state index in [2.05, 4.69) is 5.32 Å². The number of halogens is 2. The van der Waals surface area contributed by atoms with Crippen LogP contribution in [0.2, 0.25) is 0 Å². The molecule has 0 saturated carbocycles. The van der Waals surface area contributed by atoms with Gasteiger partial charge in [0, 0.05) is 6.54 Å². The van der Waals surface area contributed by atoms with Gasteiger partial charge in [-0.1, -0.05) is 30.3 Å². The number of nitrogens with one attached hydrogen (secondary N) is 1. The quantitative estimate of drug-likeness (QED) is 0.909. The zero-order valence-corrected chi connectivity index (χ0v) is 11.6. The van der Waals surface area contributed by atoms with E-state index in [-0.39, 0.29) is 12.1 Å². The smallest absolute Gasteiger partial charge is 0.255 e. The third kappa shape index (κ3) is 3.25. The van der Waals surface area contributed by atoms with Crippen LogP contribution in [0.5, 0.6) is 0 Å². The summed E-state index contributed by atoms with van der Waals surface area (Å²) in [5, 5.41) is 2.67. The van der Waals surface area contributed by atoms with Gasteiger partial charge in [-0.2, -0.15) is 0 Å². The van der Waals surface area contributed by atoms with E-state index >= 15 is 0 Å². The molecule has 0 heterocycles. The van der Waals surface area contributed by atoms with Gasteiger partial charge in [-0.25, -0.2) is 8.78 Å². The zero-order chi connectivity index (χ0) is 15.5. The Balaban J connectivity index is 2.30. The molecule has 2 aromatic carbocycles. The fourth-order valence-electron chi connectivity index (χ4n) is 2.04. The van der Waals surface area contributed by atoms with E-state index in [9.17, 15) is 13.6 Å². The third-order valence-corrected chi connectivity index (χ3v) is 3.38. The predicted molar refractivity (Wildman–Crippen MR) is 76.7 cm³/mol. The molecule has 2 aromatic rings. The number of rotatable bonds is 4. The highest BCUT2D eigenvalue weighted by Gasteiger charge is 2.28. The van der Waals surface area contributed by atoms with Gasteiger partial charge in [0.1, 0.15) is 11.6 Å². The number of carbonyl (C=O) groups excluding carboxylic acids is 1. The van der Waals surface area contributed by atoms with Gasteiger partial charge < -0.3 is 11.1 Å². The molecule has 0 aliphatic rings. The van der Waals surface area contributed by atoms with Crippen LogP contribution in [-0.2, 0) is 5.54 Å². The highest BCUT2D eigenvalue weighted by atomic mass is 19.1. The summed E-state index contributed by atoms with van der Waals surface area (Å²) in [5.41, 5.74) is 5.33. The Morgan fingerprint density at radius 1 is 1.19 bits per heavy atom. The highest BCUT2D eigenvalue weighted by Crippen LogP contribution is 2.20. The van der Waals surface area contributed by atoms with Crippen LogP contribution in [-0.4, -0.2) is 12.5 Å². The molecule has 0 aromatic heterocycles. The summed E-state index contributed by atoms with van der Waals surface area (Å²) in [4.78, 5) is 12.2. The molecule has 3 nitrogen and oxygen atoms in total. The Morgan fingerprint density at radius 2 is 1.86 bits per heavy atom. The number of amides is 1. The monoisotopic (exact) mass is 290 g/mol. The van der Waals surface area contributed by atoms with E-state index in [1.807, 2.05) is 30.3 Å². The van der Waals surface area contributed by atoms with E-state index in [0.29, 0.717) is 0 Å². The lowest BCUT2D eigenvalue weighted by Crippen LogP contribution is -2.49. The van der Waals surface area contributed by atoms with Crippen molar-refractivity contribution in [2.24, 2.45) is 5.73 Å². The third-order valence-electron chi connectivity index (χ3n) is 3.38. The Hall–Kier alpha value is -2.27. The van der Waals surface area contributed by atoms with Crippen LogP contribution < -0.4 is 11.1 Å². The van der Waals surface area contributed by atoms with Crippen molar-refractivity contribution < 1.29 is 13.6 Å². The average Bonchev–Trinajstić information content (AvgIpc) is 2.50. The second-order valence-corrected chi connectivity index (χ2v) is 4.98. The first-order chi connectivity index (χ1) is 9.96. The molecule has 0 aliphatic carbocycles. The van der Waals surface area contributed by atoms with Gasteiger partial charge >= 0.3 is 0 Å². The molecular formula is C16H16F2N2O. The second-order valence-electron chi connectivity index (χ2n) is 4.98. The van der Waals surface area contributed by atoms with Gasteiger partial charge in [0.15, 0.2) is 0 Å². The topological polar surface area (TPSA) is 55.1 Å². The fraction of sp³-hybridized carbons (Fsp3) is 0.188. The highest BCUT2D eigenvalue weighted by molar-refractivity contribution is 5.95. The number of hydrogen-bond acceptors (Lipinski definition) is 2. The SMILES string of the molecule is CC(CN)(NC(=O)c1cc(F)ccc1F)c1ccccc1. The summed E-state index contributed by atoms with van der Waals surface area (Å²) in [6, 6.07) is 11.9. The minimum Gasteiger partial charge on any atom is -0.341 e. The maximum atomic E-state index is 13.6. The first-order valence-corrected chi connectivity index (χ1v) is 6.49. The first kappa shape index (κ1) is 15.1. The summed E-state index contributed by atoms with van der Waals surface area (Å²) < 4.78 is 26.8. The normalized spacial score (nSPS) is 13.5. The molecule has 1 amide bonds. The molecule has 0 bridgehead atoms.